The van der Waals surface area contributed by atoms with Gasteiger partial charge in [-0.3, -0.25) is 0 Å². The highest BCUT2D eigenvalue weighted by atomic mass is 16.5. The van der Waals surface area contributed by atoms with Gasteiger partial charge in [-0.15, -0.1) is 0 Å². The highest BCUT2D eigenvalue weighted by molar-refractivity contribution is 5.89. The van der Waals surface area contributed by atoms with Crippen molar-refractivity contribution in [2.75, 3.05) is 6.61 Å². The lowest BCUT2D eigenvalue weighted by Crippen LogP contribution is -1.95. The van der Waals surface area contributed by atoms with E-state index < -0.39 is 0 Å². The fraction of sp³-hybridized carbons (Fsp3) is 0.100. The molecule has 1 heterocycles. The van der Waals surface area contributed by atoms with Crippen LogP contribution in [0.25, 0.3) is 22.7 Å². The van der Waals surface area contributed by atoms with E-state index in [1.54, 1.807) is 6.08 Å². The molecule has 24 heavy (non-hydrogen) atoms. The van der Waals surface area contributed by atoms with Crippen molar-refractivity contribution in [3.05, 3.63) is 72.1 Å². The lowest BCUT2D eigenvalue weighted by atomic mass is 10.1. The molecule has 0 aliphatic heterocycles. The molecule has 1 aromatic heterocycles. The third-order valence-corrected chi connectivity index (χ3v) is 3.43. The SMILES string of the molecule is C/C=C/COc1ccccc1/C=C(\C#N)c1nc2ccccc2o1. The van der Waals surface area contributed by atoms with Gasteiger partial charge < -0.3 is 9.15 Å². The van der Waals surface area contributed by atoms with E-state index in [2.05, 4.69) is 11.1 Å². The normalized spacial score (nSPS) is 11.8. The molecule has 3 aromatic rings. The van der Waals surface area contributed by atoms with Gasteiger partial charge in [-0.1, -0.05) is 42.5 Å². The van der Waals surface area contributed by atoms with E-state index in [4.69, 9.17) is 9.15 Å². The number of hydrogen-bond donors (Lipinski definition) is 0. The number of oxazole rings is 1. The number of rotatable bonds is 5. The Morgan fingerprint density at radius 2 is 2.00 bits per heavy atom. The van der Waals surface area contributed by atoms with E-state index in [-0.39, 0.29) is 0 Å². The maximum Gasteiger partial charge on any atom is 0.238 e. The van der Waals surface area contributed by atoms with Gasteiger partial charge in [0.2, 0.25) is 5.89 Å². The topological polar surface area (TPSA) is 59.0 Å². The van der Waals surface area contributed by atoms with Gasteiger partial charge in [-0.25, -0.2) is 4.98 Å². The number of para-hydroxylation sites is 3. The second-order valence-corrected chi connectivity index (χ2v) is 5.07. The molecule has 3 rings (SSSR count). The first-order valence-corrected chi connectivity index (χ1v) is 7.62. The van der Waals surface area contributed by atoms with Gasteiger partial charge >= 0.3 is 0 Å². The summed E-state index contributed by atoms with van der Waals surface area (Å²) in [5.41, 5.74) is 2.55. The summed E-state index contributed by atoms with van der Waals surface area (Å²) in [7, 11) is 0. The summed E-state index contributed by atoms with van der Waals surface area (Å²) in [5.74, 6) is 1.02. The Morgan fingerprint density at radius 1 is 1.21 bits per heavy atom. The summed E-state index contributed by atoms with van der Waals surface area (Å²) in [5, 5.41) is 9.50. The number of fused-ring (bicyclic) bond motifs is 1. The zero-order valence-corrected chi connectivity index (χ0v) is 13.3. The Kier molecular flexibility index (Phi) is 4.73. The predicted molar refractivity (Wildman–Crippen MR) is 94.2 cm³/mol. The molecule has 0 unspecified atom stereocenters. The number of nitriles is 1. The van der Waals surface area contributed by atoms with Crippen molar-refractivity contribution in [3.63, 3.8) is 0 Å². The molecule has 0 saturated heterocycles. The van der Waals surface area contributed by atoms with Gasteiger partial charge in [-0.05, 0) is 31.2 Å². The average Bonchev–Trinajstić information content (AvgIpc) is 3.05. The second kappa shape index (κ2) is 7.30. The number of benzene rings is 2. The van der Waals surface area contributed by atoms with Gasteiger partial charge in [-0.2, -0.15) is 5.26 Å². The molecule has 0 fully saturated rings. The fourth-order valence-electron chi connectivity index (χ4n) is 2.25. The minimum atomic E-state index is 0.307. The first-order valence-electron chi connectivity index (χ1n) is 7.62. The van der Waals surface area contributed by atoms with Crippen LogP contribution in [0, 0.1) is 11.3 Å². The van der Waals surface area contributed by atoms with E-state index in [9.17, 15) is 5.26 Å². The van der Waals surface area contributed by atoms with Crippen LogP contribution >= 0.6 is 0 Å². The van der Waals surface area contributed by atoms with Gasteiger partial charge in [0.15, 0.2) is 5.58 Å². The van der Waals surface area contributed by atoms with Crippen LogP contribution in [-0.4, -0.2) is 11.6 Å². The van der Waals surface area contributed by atoms with Crippen LogP contribution < -0.4 is 4.74 Å². The van der Waals surface area contributed by atoms with Gasteiger partial charge in [0.25, 0.3) is 0 Å². The average molecular weight is 316 g/mol. The second-order valence-electron chi connectivity index (χ2n) is 5.07. The van der Waals surface area contributed by atoms with Crippen molar-refractivity contribution in [2.24, 2.45) is 0 Å². The minimum Gasteiger partial charge on any atom is -0.489 e. The van der Waals surface area contributed by atoms with E-state index in [0.29, 0.717) is 29.4 Å². The third kappa shape index (κ3) is 3.36. The molecule has 4 heteroatoms. The molecule has 0 saturated carbocycles. The zero-order valence-electron chi connectivity index (χ0n) is 13.3. The van der Waals surface area contributed by atoms with Crippen LogP contribution in [0.3, 0.4) is 0 Å². The molecule has 0 radical (unpaired) electrons. The summed E-state index contributed by atoms with van der Waals surface area (Å²) >= 11 is 0. The lowest BCUT2D eigenvalue weighted by molar-refractivity contribution is 0.362. The summed E-state index contributed by atoms with van der Waals surface area (Å²) in [6, 6.07) is 17.2. The molecule has 0 spiro atoms. The van der Waals surface area contributed by atoms with Crippen LogP contribution in [0.2, 0.25) is 0 Å². The Balaban J connectivity index is 1.97. The molecule has 0 aliphatic carbocycles. The van der Waals surface area contributed by atoms with E-state index in [0.717, 1.165) is 11.1 Å². The Hall–Kier alpha value is -3.32. The van der Waals surface area contributed by atoms with Crippen LogP contribution in [0.1, 0.15) is 18.4 Å². The molecular formula is C20H16N2O2. The Bertz CT molecular complexity index is 912. The smallest absolute Gasteiger partial charge is 0.238 e. The highest BCUT2D eigenvalue weighted by Gasteiger charge is 2.11. The molecule has 0 amide bonds. The number of nitrogens with zero attached hydrogens (tertiary/aromatic N) is 2. The number of allylic oxidation sites excluding steroid dienone is 2. The molecule has 2 aromatic carbocycles. The van der Waals surface area contributed by atoms with E-state index in [1.807, 2.05) is 67.6 Å². The maximum absolute atomic E-state index is 9.50. The quantitative estimate of drug-likeness (QED) is 0.499. The largest absolute Gasteiger partial charge is 0.489 e. The number of ether oxygens (including phenoxy) is 1. The Morgan fingerprint density at radius 3 is 2.79 bits per heavy atom. The number of aromatic nitrogens is 1. The predicted octanol–water partition coefficient (Wildman–Crippen LogP) is 4.85. The maximum atomic E-state index is 9.50. The van der Waals surface area contributed by atoms with Crippen molar-refractivity contribution in [1.29, 1.82) is 5.26 Å². The highest BCUT2D eigenvalue weighted by Crippen LogP contribution is 2.26. The zero-order chi connectivity index (χ0) is 16.8. The van der Waals surface area contributed by atoms with Gasteiger partial charge in [0.05, 0.1) is 0 Å². The van der Waals surface area contributed by atoms with Crippen molar-refractivity contribution >= 4 is 22.7 Å². The van der Waals surface area contributed by atoms with Crippen LogP contribution in [0.4, 0.5) is 0 Å². The van der Waals surface area contributed by atoms with E-state index >= 15 is 0 Å². The van der Waals surface area contributed by atoms with Gasteiger partial charge in [0.1, 0.15) is 29.5 Å². The molecule has 0 bridgehead atoms. The van der Waals surface area contributed by atoms with Crippen molar-refractivity contribution in [2.45, 2.75) is 6.92 Å². The van der Waals surface area contributed by atoms with Crippen molar-refractivity contribution in [3.8, 4) is 11.8 Å². The summed E-state index contributed by atoms with van der Waals surface area (Å²) < 4.78 is 11.4. The Labute approximate surface area is 140 Å². The van der Waals surface area contributed by atoms with Crippen molar-refractivity contribution < 1.29 is 9.15 Å². The first kappa shape index (κ1) is 15.6. The molecule has 0 N–H and O–H groups in total. The van der Waals surface area contributed by atoms with Crippen LogP contribution in [-0.2, 0) is 0 Å². The minimum absolute atomic E-state index is 0.307. The first-order chi connectivity index (χ1) is 11.8. The summed E-state index contributed by atoms with van der Waals surface area (Å²) in [4.78, 5) is 4.38. The summed E-state index contributed by atoms with van der Waals surface area (Å²) in [6.07, 6.45) is 5.58. The molecule has 0 aliphatic rings. The fourth-order valence-corrected chi connectivity index (χ4v) is 2.25. The van der Waals surface area contributed by atoms with Crippen molar-refractivity contribution in [1.82, 2.24) is 4.98 Å². The summed E-state index contributed by atoms with van der Waals surface area (Å²) in [6.45, 7) is 2.42. The molecule has 118 valence electrons. The lowest BCUT2D eigenvalue weighted by Gasteiger charge is -2.07. The number of hydrogen-bond acceptors (Lipinski definition) is 4. The molecule has 0 atom stereocenters. The van der Waals surface area contributed by atoms with Gasteiger partial charge in [0, 0.05) is 5.56 Å². The molecule has 4 nitrogen and oxygen atoms in total. The van der Waals surface area contributed by atoms with Crippen LogP contribution in [0.15, 0.2) is 65.1 Å². The monoisotopic (exact) mass is 316 g/mol. The van der Waals surface area contributed by atoms with Crippen LogP contribution in [0.5, 0.6) is 5.75 Å². The van der Waals surface area contributed by atoms with E-state index in [1.165, 1.54) is 0 Å². The standard InChI is InChI=1S/C20H16N2O2/c1-2-3-12-23-18-10-6-4-8-15(18)13-16(14-21)20-22-17-9-5-7-11-19(17)24-20/h2-11,13H,12H2,1H3/b3-2+,16-13+. The third-order valence-electron chi connectivity index (χ3n) is 3.43. The molecular weight excluding hydrogens is 300 g/mol.